The molecular weight excluding hydrogens is 350 g/mol. The van der Waals surface area contributed by atoms with Crippen molar-refractivity contribution >= 4 is 43.4 Å². The van der Waals surface area contributed by atoms with Crippen LogP contribution in [0, 0.1) is 0 Å². The van der Waals surface area contributed by atoms with Gasteiger partial charge in [0, 0.05) is 28.3 Å². The quantitative estimate of drug-likeness (QED) is 0.661. The zero-order chi connectivity index (χ0) is 12.5. The molecule has 0 aromatic heterocycles. The lowest BCUT2D eigenvalue weighted by Gasteiger charge is -2.24. The lowest BCUT2D eigenvalue weighted by Crippen LogP contribution is -2.56. The van der Waals surface area contributed by atoms with Gasteiger partial charge in [-0.3, -0.25) is 14.9 Å². The maximum absolute atomic E-state index is 12.3. The fourth-order valence-corrected chi connectivity index (χ4v) is 2.94. The Labute approximate surface area is 116 Å². The molecule has 1 aromatic carbocycles. The maximum atomic E-state index is 12.3. The van der Waals surface area contributed by atoms with Crippen LogP contribution in [0.25, 0.3) is 0 Å². The SMILES string of the molecule is O=C1c2ccccc2C(=O)C1(CBr)NCCBr. The third-order valence-corrected chi connectivity index (χ3v) is 4.15. The molecule has 2 rings (SSSR count). The molecule has 0 aliphatic heterocycles. The average molecular weight is 361 g/mol. The molecule has 0 unspecified atom stereocenters. The molecule has 1 aliphatic carbocycles. The number of halogens is 2. The number of benzene rings is 1. The van der Waals surface area contributed by atoms with E-state index in [4.69, 9.17) is 0 Å². The highest BCUT2D eigenvalue weighted by molar-refractivity contribution is 9.09. The molecule has 0 bridgehead atoms. The van der Waals surface area contributed by atoms with E-state index in [-0.39, 0.29) is 11.6 Å². The summed E-state index contributed by atoms with van der Waals surface area (Å²) in [5.74, 6) is -0.285. The smallest absolute Gasteiger partial charge is 0.192 e. The molecular formula is C12H11Br2NO2. The molecule has 0 atom stereocenters. The van der Waals surface area contributed by atoms with E-state index in [1.54, 1.807) is 24.3 Å². The molecule has 0 saturated heterocycles. The van der Waals surface area contributed by atoms with Gasteiger partial charge in [0.2, 0.25) is 0 Å². The molecule has 0 fully saturated rings. The number of hydrogen-bond acceptors (Lipinski definition) is 3. The van der Waals surface area contributed by atoms with Crippen LogP contribution >= 0.6 is 31.9 Å². The van der Waals surface area contributed by atoms with Crippen LogP contribution in [0.4, 0.5) is 0 Å². The number of alkyl halides is 2. The normalized spacial score (nSPS) is 17.3. The first-order chi connectivity index (χ1) is 8.17. The molecule has 1 aliphatic rings. The van der Waals surface area contributed by atoms with E-state index >= 15 is 0 Å². The first-order valence-corrected chi connectivity index (χ1v) is 7.47. The second-order valence-electron chi connectivity index (χ2n) is 3.86. The van der Waals surface area contributed by atoms with E-state index in [9.17, 15) is 9.59 Å². The van der Waals surface area contributed by atoms with Crippen molar-refractivity contribution in [1.82, 2.24) is 5.32 Å². The van der Waals surface area contributed by atoms with E-state index in [0.29, 0.717) is 28.3 Å². The van der Waals surface area contributed by atoms with Crippen molar-refractivity contribution in [1.29, 1.82) is 0 Å². The molecule has 0 amide bonds. The standard InChI is InChI=1S/C12H11Br2NO2/c13-5-6-15-12(7-14)10(16)8-3-1-2-4-9(8)11(12)17/h1-4,15H,5-7H2. The van der Waals surface area contributed by atoms with Crippen molar-refractivity contribution in [3.63, 3.8) is 0 Å². The van der Waals surface area contributed by atoms with Gasteiger partial charge in [-0.15, -0.1) is 0 Å². The first-order valence-electron chi connectivity index (χ1n) is 5.23. The molecule has 0 saturated carbocycles. The van der Waals surface area contributed by atoms with Crippen molar-refractivity contribution < 1.29 is 9.59 Å². The van der Waals surface area contributed by atoms with Gasteiger partial charge in [0.15, 0.2) is 17.1 Å². The Morgan fingerprint density at radius 3 is 2.00 bits per heavy atom. The van der Waals surface area contributed by atoms with E-state index in [1.165, 1.54) is 0 Å². The van der Waals surface area contributed by atoms with Crippen LogP contribution in [0.2, 0.25) is 0 Å². The minimum Gasteiger partial charge on any atom is -0.297 e. The molecule has 0 spiro atoms. The van der Waals surface area contributed by atoms with Gasteiger partial charge in [0.1, 0.15) is 0 Å². The van der Waals surface area contributed by atoms with Gasteiger partial charge in [0.25, 0.3) is 0 Å². The lowest BCUT2D eigenvalue weighted by atomic mass is 9.96. The Bertz CT molecular complexity index is 438. The highest BCUT2D eigenvalue weighted by Gasteiger charge is 2.51. The third kappa shape index (κ3) is 1.90. The van der Waals surface area contributed by atoms with E-state index in [2.05, 4.69) is 37.2 Å². The summed E-state index contributed by atoms with van der Waals surface area (Å²) in [6.07, 6.45) is 0. The van der Waals surface area contributed by atoms with Crippen molar-refractivity contribution in [2.75, 3.05) is 17.2 Å². The van der Waals surface area contributed by atoms with E-state index in [0.717, 1.165) is 0 Å². The first kappa shape index (κ1) is 12.9. The summed E-state index contributed by atoms with van der Waals surface area (Å²) in [6, 6.07) is 6.96. The molecule has 3 nitrogen and oxygen atoms in total. The Balaban J connectivity index is 2.45. The fourth-order valence-electron chi connectivity index (χ4n) is 2.03. The monoisotopic (exact) mass is 359 g/mol. The van der Waals surface area contributed by atoms with Gasteiger partial charge < -0.3 is 0 Å². The fraction of sp³-hybridized carbons (Fsp3) is 0.333. The second kappa shape index (κ2) is 5.00. The van der Waals surface area contributed by atoms with Crippen molar-refractivity contribution in [2.24, 2.45) is 0 Å². The molecule has 17 heavy (non-hydrogen) atoms. The number of carbonyl (C=O) groups is 2. The van der Waals surface area contributed by atoms with Gasteiger partial charge in [0.05, 0.1) is 0 Å². The van der Waals surface area contributed by atoms with Crippen LogP contribution in [-0.2, 0) is 0 Å². The summed E-state index contributed by atoms with van der Waals surface area (Å²) in [4.78, 5) is 24.7. The molecule has 5 heteroatoms. The topological polar surface area (TPSA) is 46.2 Å². The number of nitrogens with one attached hydrogen (secondary N) is 1. The summed E-state index contributed by atoms with van der Waals surface area (Å²) < 4.78 is 0. The third-order valence-electron chi connectivity index (χ3n) is 2.91. The summed E-state index contributed by atoms with van der Waals surface area (Å²) in [7, 11) is 0. The largest absolute Gasteiger partial charge is 0.297 e. The summed E-state index contributed by atoms with van der Waals surface area (Å²) in [6.45, 7) is 0.567. The Kier molecular flexibility index (Phi) is 3.80. The highest BCUT2D eigenvalue weighted by Crippen LogP contribution is 2.31. The van der Waals surface area contributed by atoms with Crippen molar-refractivity contribution in [2.45, 2.75) is 5.54 Å². The van der Waals surface area contributed by atoms with E-state index in [1.807, 2.05) is 0 Å². The van der Waals surface area contributed by atoms with Gasteiger partial charge in [-0.25, -0.2) is 0 Å². The summed E-state index contributed by atoms with van der Waals surface area (Å²) in [5, 5.41) is 4.03. The molecule has 1 N–H and O–H groups in total. The van der Waals surface area contributed by atoms with Crippen LogP contribution in [0.15, 0.2) is 24.3 Å². The minimum atomic E-state index is -1.13. The molecule has 0 heterocycles. The predicted octanol–water partition coefficient (Wildman–Crippen LogP) is 2.18. The Morgan fingerprint density at radius 1 is 1.06 bits per heavy atom. The number of Topliss-reactive ketones (excluding diaryl/α,β-unsaturated/α-hetero) is 2. The number of rotatable bonds is 4. The maximum Gasteiger partial charge on any atom is 0.192 e. The number of ketones is 2. The van der Waals surface area contributed by atoms with Gasteiger partial charge >= 0.3 is 0 Å². The Morgan fingerprint density at radius 2 is 1.59 bits per heavy atom. The molecule has 1 aromatic rings. The van der Waals surface area contributed by atoms with Crippen molar-refractivity contribution in [3.8, 4) is 0 Å². The minimum absolute atomic E-state index is 0.143. The van der Waals surface area contributed by atoms with E-state index < -0.39 is 5.54 Å². The second-order valence-corrected chi connectivity index (χ2v) is 5.21. The highest BCUT2D eigenvalue weighted by atomic mass is 79.9. The van der Waals surface area contributed by atoms with Crippen LogP contribution in [0.5, 0.6) is 0 Å². The zero-order valence-electron chi connectivity index (χ0n) is 9.00. The number of fused-ring (bicyclic) bond motifs is 1. The zero-order valence-corrected chi connectivity index (χ0v) is 12.2. The van der Waals surface area contributed by atoms with Crippen molar-refractivity contribution in [3.05, 3.63) is 35.4 Å². The van der Waals surface area contributed by atoms with Crippen LogP contribution in [0.3, 0.4) is 0 Å². The number of hydrogen-bond donors (Lipinski definition) is 1. The molecule has 90 valence electrons. The van der Waals surface area contributed by atoms with Gasteiger partial charge in [-0.1, -0.05) is 56.1 Å². The Hall–Kier alpha value is -0.520. The van der Waals surface area contributed by atoms with Gasteiger partial charge in [-0.05, 0) is 0 Å². The summed E-state index contributed by atoms with van der Waals surface area (Å²) >= 11 is 6.57. The predicted molar refractivity (Wildman–Crippen MR) is 73.4 cm³/mol. The van der Waals surface area contributed by atoms with Gasteiger partial charge in [-0.2, -0.15) is 0 Å². The number of carbonyl (C=O) groups excluding carboxylic acids is 2. The molecule has 0 radical (unpaired) electrons. The van der Waals surface area contributed by atoms with Crippen LogP contribution in [-0.4, -0.2) is 34.3 Å². The lowest BCUT2D eigenvalue weighted by molar-refractivity contribution is 0.0786. The van der Waals surface area contributed by atoms with Crippen LogP contribution in [0.1, 0.15) is 20.7 Å². The average Bonchev–Trinajstić information content (AvgIpc) is 2.59. The van der Waals surface area contributed by atoms with Crippen LogP contribution < -0.4 is 5.32 Å². The summed E-state index contributed by atoms with van der Waals surface area (Å²) in [5.41, 5.74) is -0.102.